The number of nitrogens with one attached hydrogen (secondary N) is 1. The van der Waals surface area contributed by atoms with Gasteiger partial charge in [-0.3, -0.25) is 14.3 Å². The van der Waals surface area contributed by atoms with Crippen molar-refractivity contribution in [2.24, 2.45) is 0 Å². The summed E-state index contributed by atoms with van der Waals surface area (Å²) in [7, 11) is 0. The molecule has 0 spiro atoms. The largest absolute Gasteiger partial charge is 0.459 e. The Bertz CT molecular complexity index is 1260. The van der Waals surface area contributed by atoms with Crippen LogP contribution in [0.5, 0.6) is 0 Å². The molecule has 0 unspecified atom stereocenters. The molecular formula is C23H19FN2O7. The van der Waals surface area contributed by atoms with E-state index < -0.39 is 47.4 Å². The molecule has 2 heterocycles. The Balaban J connectivity index is 1.53. The minimum Gasteiger partial charge on any atom is -0.459 e. The fraction of sp³-hybridized carbons (Fsp3) is 0.217. The van der Waals surface area contributed by atoms with Crippen molar-refractivity contribution in [2.75, 3.05) is 6.61 Å². The predicted octanol–water partition coefficient (Wildman–Crippen LogP) is 2.05. The highest BCUT2D eigenvalue weighted by Gasteiger charge is 2.40. The first kappa shape index (κ1) is 22.2. The average molecular weight is 454 g/mol. The van der Waals surface area contributed by atoms with Crippen molar-refractivity contribution in [3.63, 3.8) is 0 Å². The number of rotatable bonds is 6. The van der Waals surface area contributed by atoms with Crippen LogP contribution in [0.2, 0.25) is 0 Å². The number of esters is 2. The van der Waals surface area contributed by atoms with Gasteiger partial charge in [-0.2, -0.15) is 4.39 Å². The van der Waals surface area contributed by atoms with E-state index in [2.05, 4.69) is 0 Å². The van der Waals surface area contributed by atoms with Crippen molar-refractivity contribution in [3.05, 3.63) is 105 Å². The molecule has 1 saturated heterocycles. The number of aromatic amines is 1. The quantitative estimate of drug-likeness (QED) is 0.567. The Hall–Kier alpha value is -4.05. The van der Waals surface area contributed by atoms with E-state index in [4.69, 9.17) is 14.2 Å². The van der Waals surface area contributed by atoms with Crippen molar-refractivity contribution in [1.29, 1.82) is 0 Å². The molecule has 10 heteroatoms. The maximum absolute atomic E-state index is 13.8. The topological polar surface area (TPSA) is 117 Å². The third-order valence-corrected chi connectivity index (χ3v) is 5.07. The molecule has 4 rings (SSSR count). The summed E-state index contributed by atoms with van der Waals surface area (Å²) in [6.45, 7) is -0.280. The van der Waals surface area contributed by atoms with Crippen LogP contribution in [0.1, 0.15) is 33.4 Å². The lowest BCUT2D eigenvalue weighted by Gasteiger charge is -2.19. The Morgan fingerprint density at radius 2 is 1.61 bits per heavy atom. The molecule has 1 aromatic heterocycles. The van der Waals surface area contributed by atoms with Crippen LogP contribution < -0.4 is 11.2 Å². The van der Waals surface area contributed by atoms with Gasteiger partial charge in [0.25, 0.3) is 5.56 Å². The van der Waals surface area contributed by atoms with E-state index in [9.17, 15) is 23.6 Å². The SMILES string of the molecule is O=C(OC[C@H]1O[C@@H](n2cc(F)c(=O)[nH]c2=O)C[C@H]1OC(=O)c1ccccc1)c1ccccc1. The normalized spacial score (nSPS) is 19.7. The van der Waals surface area contributed by atoms with Crippen LogP contribution in [-0.4, -0.2) is 40.3 Å². The maximum Gasteiger partial charge on any atom is 0.338 e. The third-order valence-electron chi connectivity index (χ3n) is 5.07. The molecule has 0 aliphatic carbocycles. The average Bonchev–Trinajstić information content (AvgIpc) is 3.23. The van der Waals surface area contributed by atoms with Gasteiger partial charge in [-0.15, -0.1) is 0 Å². The zero-order chi connectivity index (χ0) is 23.4. The lowest BCUT2D eigenvalue weighted by Crippen LogP contribution is -2.34. The highest BCUT2D eigenvalue weighted by Crippen LogP contribution is 2.31. The van der Waals surface area contributed by atoms with E-state index in [0.29, 0.717) is 11.1 Å². The van der Waals surface area contributed by atoms with Crippen LogP contribution in [0.4, 0.5) is 4.39 Å². The van der Waals surface area contributed by atoms with Gasteiger partial charge in [0.1, 0.15) is 25.0 Å². The number of carbonyl (C=O) groups excluding carboxylic acids is 2. The van der Waals surface area contributed by atoms with Crippen molar-refractivity contribution in [2.45, 2.75) is 24.9 Å². The van der Waals surface area contributed by atoms with Crippen molar-refractivity contribution in [3.8, 4) is 0 Å². The fourth-order valence-corrected chi connectivity index (χ4v) is 3.42. The van der Waals surface area contributed by atoms with Crippen molar-refractivity contribution >= 4 is 11.9 Å². The van der Waals surface area contributed by atoms with Crippen LogP contribution in [0.3, 0.4) is 0 Å². The number of halogens is 1. The van der Waals surface area contributed by atoms with Crippen LogP contribution in [0.15, 0.2) is 76.4 Å². The Morgan fingerprint density at radius 1 is 1.00 bits per heavy atom. The monoisotopic (exact) mass is 454 g/mol. The van der Waals surface area contributed by atoms with Crippen LogP contribution in [0.25, 0.3) is 0 Å². The van der Waals surface area contributed by atoms with E-state index >= 15 is 0 Å². The molecule has 0 bridgehead atoms. The third kappa shape index (κ3) is 5.07. The molecular weight excluding hydrogens is 435 g/mol. The summed E-state index contributed by atoms with van der Waals surface area (Å²) >= 11 is 0. The number of nitrogens with zero attached hydrogens (tertiary/aromatic N) is 1. The van der Waals surface area contributed by atoms with Gasteiger partial charge in [0.15, 0.2) is 0 Å². The second kappa shape index (κ2) is 9.61. The molecule has 1 aliphatic heterocycles. The molecule has 3 atom stereocenters. The zero-order valence-electron chi connectivity index (χ0n) is 17.2. The first-order chi connectivity index (χ1) is 15.9. The molecule has 0 radical (unpaired) electrons. The van der Waals surface area contributed by atoms with Crippen molar-refractivity contribution in [1.82, 2.24) is 9.55 Å². The minimum atomic E-state index is -1.17. The molecule has 9 nitrogen and oxygen atoms in total. The summed E-state index contributed by atoms with van der Waals surface area (Å²) in [4.78, 5) is 50.2. The highest BCUT2D eigenvalue weighted by molar-refractivity contribution is 5.90. The summed E-state index contributed by atoms with van der Waals surface area (Å²) in [6.07, 6.45) is -2.21. The van der Waals surface area contributed by atoms with Gasteiger partial charge < -0.3 is 14.2 Å². The van der Waals surface area contributed by atoms with Gasteiger partial charge in [-0.05, 0) is 24.3 Å². The second-order valence-corrected chi connectivity index (χ2v) is 7.28. The van der Waals surface area contributed by atoms with E-state index in [-0.39, 0.29) is 13.0 Å². The Labute approximate surface area is 186 Å². The zero-order valence-corrected chi connectivity index (χ0v) is 17.2. The molecule has 0 saturated carbocycles. The maximum atomic E-state index is 13.8. The number of hydrogen-bond acceptors (Lipinski definition) is 7. The summed E-state index contributed by atoms with van der Waals surface area (Å²) in [5.74, 6) is -2.41. The number of H-pyrrole nitrogens is 1. The molecule has 0 amide bonds. The van der Waals surface area contributed by atoms with Crippen molar-refractivity contribution < 1.29 is 28.2 Å². The van der Waals surface area contributed by atoms with E-state index in [0.717, 1.165) is 10.8 Å². The molecule has 1 N–H and O–H groups in total. The van der Waals surface area contributed by atoms with E-state index in [1.165, 1.54) is 0 Å². The lowest BCUT2D eigenvalue weighted by atomic mass is 10.1. The van der Waals surface area contributed by atoms with E-state index in [1.54, 1.807) is 60.7 Å². The summed E-state index contributed by atoms with van der Waals surface area (Å²) in [5.41, 5.74) is -1.42. The molecule has 1 aliphatic rings. The van der Waals surface area contributed by atoms with Gasteiger partial charge in [0.2, 0.25) is 5.82 Å². The van der Waals surface area contributed by atoms with Gasteiger partial charge in [-0.1, -0.05) is 36.4 Å². The molecule has 170 valence electrons. The van der Waals surface area contributed by atoms with Gasteiger partial charge in [0.05, 0.1) is 17.3 Å². The Kier molecular flexibility index (Phi) is 6.45. The summed E-state index contributed by atoms with van der Waals surface area (Å²) < 4.78 is 31.3. The van der Waals surface area contributed by atoms with Crippen LogP contribution >= 0.6 is 0 Å². The van der Waals surface area contributed by atoms with Gasteiger partial charge in [-0.25, -0.2) is 14.4 Å². The first-order valence-corrected chi connectivity index (χ1v) is 10.1. The number of hydrogen-bond donors (Lipinski definition) is 1. The van der Waals surface area contributed by atoms with Crippen LogP contribution in [0, 0.1) is 5.82 Å². The smallest absolute Gasteiger partial charge is 0.338 e. The first-order valence-electron chi connectivity index (χ1n) is 10.1. The van der Waals surface area contributed by atoms with Gasteiger partial charge in [0, 0.05) is 6.42 Å². The fourth-order valence-electron chi connectivity index (χ4n) is 3.42. The number of aromatic nitrogens is 2. The minimum absolute atomic E-state index is 0.0302. The lowest BCUT2D eigenvalue weighted by molar-refractivity contribution is -0.0584. The summed E-state index contributed by atoms with van der Waals surface area (Å²) in [6, 6.07) is 16.5. The molecule has 2 aromatic carbocycles. The van der Waals surface area contributed by atoms with E-state index in [1.807, 2.05) is 4.98 Å². The highest BCUT2D eigenvalue weighted by atomic mass is 19.1. The standard InChI is InChI=1S/C23H19FN2O7/c24-16-12-26(23(30)25-20(16)27)19-11-17(33-22(29)15-9-5-2-6-10-15)18(32-19)13-31-21(28)14-7-3-1-4-8-14/h1-10,12,17-19H,11,13H2,(H,25,27,30)/t17-,18-,19-/m1/s1. The predicted molar refractivity (Wildman–Crippen MR) is 112 cm³/mol. The van der Waals surface area contributed by atoms with Gasteiger partial charge >= 0.3 is 17.6 Å². The summed E-state index contributed by atoms with van der Waals surface area (Å²) in [5, 5.41) is 0. The van der Waals surface area contributed by atoms with Crippen LogP contribution in [-0.2, 0) is 14.2 Å². The number of benzene rings is 2. The Morgan fingerprint density at radius 3 is 2.24 bits per heavy atom. The molecule has 33 heavy (non-hydrogen) atoms. The number of carbonyl (C=O) groups is 2. The number of ether oxygens (including phenoxy) is 3. The second-order valence-electron chi connectivity index (χ2n) is 7.28. The molecule has 1 fully saturated rings. The molecule has 3 aromatic rings.